The van der Waals surface area contributed by atoms with Gasteiger partial charge in [-0.2, -0.15) is 0 Å². The molecular weight excluding hydrogens is 252 g/mol. The summed E-state index contributed by atoms with van der Waals surface area (Å²) in [5.41, 5.74) is 3.55. The van der Waals surface area contributed by atoms with E-state index in [4.69, 9.17) is 0 Å². The highest BCUT2D eigenvalue weighted by Gasteiger charge is 2.04. The van der Waals surface area contributed by atoms with Crippen LogP contribution in [-0.2, 0) is 0 Å². The first-order chi connectivity index (χ1) is 9.36. The molecule has 2 aromatic carbocycles. The number of carbonyl (C=O) groups is 1. The van der Waals surface area contributed by atoms with Crippen molar-refractivity contribution >= 4 is 17.6 Å². The van der Waals surface area contributed by atoms with Crippen LogP contribution in [0.1, 0.15) is 9.67 Å². The van der Waals surface area contributed by atoms with Crippen molar-refractivity contribution in [3.05, 3.63) is 71.6 Å². The lowest BCUT2D eigenvalue weighted by Gasteiger charge is -2.04. The van der Waals surface area contributed by atoms with E-state index in [2.05, 4.69) is 36.4 Å². The van der Waals surface area contributed by atoms with Crippen LogP contribution in [0.15, 0.2) is 66.7 Å². The lowest BCUT2D eigenvalue weighted by molar-refractivity contribution is 0.112. The van der Waals surface area contributed by atoms with Gasteiger partial charge in [-0.05, 0) is 34.9 Å². The monoisotopic (exact) mass is 264 g/mol. The van der Waals surface area contributed by atoms with Gasteiger partial charge in [-0.25, -0.2) is 0 Å². The summed E-state index contributed by atoms with van der Waals surface area (Å²) in [6.07, 6.45) is 0.898. The molecule has 3 rings (SSSR count). The van der Waals surface area contributed by atoms with E-state index >= 15 is 0 Å². The minimum Gasteiger partial charge on any atom is -0.297 e. The molecule has 0 fully saturated rings. The standard InChI is InChI=1S/C17H12OS/c18-12-16-9-10-17(19-16)15-8-4-7-14(11-15)13-5-2-1-3-6-13/h1-12H. The zero-order valence-corrected chi connectivity index (χ0v) is 11.1. The van der Waals surface area contributed by atoms with Crippen molar-refractivity contribution < 1.29 is 4.79 Å². The smallest absolute Gasteiger partial charge is 0.160 e. The summed E-state index contributed by atoms with van der Waals surface area (Å²) in [6, 6.07) is 22.6. The van der Waals surface area contributed by atoms with Gasteiger partial charge < -0.3 is 0 Å². The summed E-state index contributed by atoms with van der Waals surface area (Å²) in [5, 5.41) is 0. The van der Waals surface area contributed by atoms with E-state index in [-0.39, 0.29) is 0 Å². The van der Waals surface area contributed by atoms with Crippen molar-refractivity contribution in [1.82, 2.24) is 0 Å². The van der Waals surface area contributed by atoms with Crippen LogP contribution in [0.5, 0.6) is 0 Å². The Hall–Kier alpha value is -2.19. The SMILES string of the molecule is O=Cc1ccc(-c2cccc(-c3ccccc3)c2)s1. The van der Waals surface area contributed by atoms with Gasteiger partial charge in [0.05, 0.1) is 4.88 Å². The molecule has 2 heteroatoms. The molecule has 0 unspecified atom stereocenters. The van der Waals surface area contributed by atoms with Gasteiger partial charge in [0, 0.05) is 4.88 Å². The van der Waals surface area contributed by atoms with Gasteiger partial charge in [0.1, 0.15) is 0 Å². The van der Waals surface area contributed by atoms with Gasteiger partial charge in [-0.15, -0.1) is 11.3 Å². The first-order valence-electron chi connectivity index (χ1n) is 6.08. The number of carbonyl (C=O) groups excluding carboxylic acids is 1. The fourth-order valence-electron chi connectivity index (χ4n) is 2.05. The first-order valence-corrected chi connectivity index (χ1v) is 6.89. The van der Waals surface area contributed by atoms with E-state index in [0.717, 1.165) is 21.6 Å². The van der Waals surface area contributed by atoms with Crippen molar-refractivity contribution in [3.63, 3.8) is 0 Å². The summed E-state index contributed by atoms with van der Waals surface area (Å²) in [7, 11) is 0. The molecule has 0 aliphatic rings. The maximum absolute atomic E-state index is 10.7. The van der Waals surface area contributed by atoms with Crippen LogP contribution in [-0.4, -0.2) is 6.29 Å². The largest absolute Gasteiger partial charge is 0.297 e. The number of benzene rings is 2. The quantitative estimate of drug-likeness (QED) is 0.615. The highest BCUT2D eigenvalue weighted by Crippen LogP contribution is 2.30. The molecule has 3 aromatic rings. The number of aldehydes is 1. The lowest BCUT2D eigenvalue weighted by Crippen LogP contribution is -1.78. The number of thiophene rings is 1. The number of rotatable bonds is 3. The summed E-state index contributed by atoms with van der Waals surface area (Å²) in [5.74, 6) is 0. The van der Waals surface area contributed by atoms with E-state index in [1.54, 1.807) is 0 Å². The first kappa shape index (κ1) is 11.9. The van der Waals surface area contributed by atoms with Crippen molar-refractivity contribution in [2.45, 2.75) is 0 Å². The topological polar surface area (TPSA) is 17.1 Å². The third-order valence-corrected chi connectivity index (χ3v) is 4.06. The van der Waals surface area contributed by atoms with Crippen LogP contribution >= 0.6 is 11.3 Å². The minimum absolute atomic E-state index is 0.764. The Labute approximate surface area is 116 Å². The molecule has 0 bridgehead atoms. The molecule has 0 aliphatic heterocycles. The van der Waals surface area contributed by atoms with Gasteiger partial charge in [-0.1, -0.05) is 48.5 Å². The van der Waals surface area contributed by atoms with Gasteiger partial charge in [0.15, 0.2) is 6.29 Å². The Morgan fingerprint density at radius 1 is 0.737 bits per heavy atom. The molecule has 0 saturated heterocycles. The van der Waals surface area contributed by atoms with Crippen molar-refractivity contribution in [1.29, 1.82) is 0 Å². The van der Waals surface area contributed by atoms with Crippen LogP contribution in [0.4, 0.5) is 0 Å². The minimum atomic E-state index is 0.764. The van der Waals surface area contributed by atoms with Gasteiger partial charge in [0.2, 0.25) is 0 Å². The van der Waals surface area contributed by atoms with Crippen LogP contribution < -0.4 is 0 Å². The summed E-state index contributed by atoms with van der Waals surface area (Å²) >= 11 is 1.52. The summed E-state index contributed by atoms with van der Waals surface area (Å²) in [6.45, 7) is 0. The zero-order chi connectivity index (χ0) is 13.1. The van der Waals surface area contributed by atoms with Crippen molar-refractivity contribution in [3.8, 4) is 21.6 Å². The van der Waals surface area contributed by atoms with E-state index in [1.165, 1.54) is 22.5 Å². The molecule has 92 valence electrons. The molecule has 0 N–H and O–H groups in total. The Bertz CT molecular complexity index is 698. The fraction of sp³-hybridized carbons (Fsp3) is 0. The summed E-state index contributed by atoms with van der Waals surface area (Å²) < 4.78 is 0. The van der Waals surface area contributed by atoms with E-state index in [9.17, 15) is 4.79 Å². The van der Waals surface area contributed by atoms with E-state index < -0.39 is 0 Å². The van der Waals surface area contributed by atoms with Crippen LogP contribution in [0.2, 0.25) is 0 Å². The molecule has 0 radical (unpaired) electrons. The van der Waals surface area contributed by atoms with Gasteiger partial charge >= 0.3 is 0 Å². The fourth-order valence-corrected chi connectivity index (χ4v) is 2.87. The molecule has 0 amide bonds. The molecule has 0 atom stereocenters. The Morgan fingerprint density at radius 2 is 1.47 bits per heavy atom. The number of hydrogen-bond acceptors (Lipinski definition) is 2. The highest BCUT2D eigenvalue weighted by atomic mass is 32.1. The van der Waals surface area contributed by atoms with E-state index in [1.807, 2.05) is 30.3 Å². The van der Waals surface area contributed by atoms with Crippen LogP contribution in [0, 0.1) is 0 Å². The third kappa shape index (κ3) is 2.49. The molecule has 0 spiro atoms. The average Bonchev–Trinajstić information content (AvgIpc) is 2.97. The normalized spacial score (nSPS) is 10.3. The number of hydrogen-bond donors (Lipinski definition) is 0. The Balaban J connectivity index is 2.02. The molecule has 19 heavy (non-hydrogen) atoms. The highest BCUT2D eigenvalue weighted by molar-refractivity contribution is 7.17. The second-order valence-corrected chi connectivity index (χ2v) is 5.38. The maximum atomic E-state index is 10.7. The predicted molar refractivity (Wildman–Crippen MR) is 80.6 cm³/mol. The Morgan fingerprint density at radius 3 is 2.21 bits per heavy atom. The second-order valence-electron chi connectivity index (χ2n) is 4.27. The zero-order valence-electron chi connectivity index (χ0n) is 10.2. The molecule has 0 aliphatic carbocycles. The van der Waals surface area contributed by atoms with Crippen LogP contribution in [0.25, 0.3) is 21.6 Å². The maximum Gasteiger partial charge on any atom is 0.160 e. The van der Waals surface area contributed by atoms with Crippen molar-refractivity contribution in [2.24, 2.45) is 0 Å². The van der Waals surface area contributed by atoms with E-state index in [0.29, 0.717) is 0 Å². The van der Waals surface area contributed by atoms with Crippen LogP contribution in [0.3, 0.4) is 0 Å². The Kier molecular flexibility index (Phi) is 3.25. The van der Waals surface area contributed by atoms with Gasteiger partial charge in [-0.3, -0.25) is 4.79 Å². The second kappa shape index (κ2) is 5.21. The molecule has 1 aromatic heterocycles. The third-order valence-electron chi connectivity index (χ3n) is 3.00. The predicted octanol–water partition coefficient (Wildman–Crippen LogP) is 4.89. The molecule has 1 nitrogen and oxygen atoms in total. The lowest BCUT2D eigenvalue weighted by atomic mass is 10.0. The van der Waals surface area contributed by atoms with Gasteiger partial charge in [0.25, 0.3) is 0 Å². The molecular formula is C17H12OS. The summed E-state index contributed by atoms with van der Waals surface area (Å²) in [4.78, 5) is 12.6. The average molecular weight is 264 g/mol. The molecule has 1 heterocycles. The van der Waals surface area contributed by atoms with Crippen molar-refractivity contribution in [2.75, 3.05) is 0 Å². The molecule has 0 saturated carbocycles.